The Morgan fingerprint density at radius 1 is 1.14 bits per heavy atom. The van der Waals surface area contributed by atoms with Gasteiger partial charge >= 0.3 is 0 Å². The molecule has 8 heteroatoms. The minimum atomic E-state index is -0.725. The highest BCUT2D eigenvalue weighted by Gasteiger charge is 2.39. The van der Waals surface area contributed by atoms with Crippen LogP contribution < -0.4 is 20.5 Å². The quantitative estimate of drug-likeness (QED) is 0.503. The lowest BCUT2D eigenvalue weighted by atomic mass is 9.75. The van der Waals surface area contributed by atoms with E-state index >= 15 is 0 Å². The molecular formula is C28H32N4O4. The van der Waals surface area contributed by atoms with Crippen molar-refractivity contribution in [1.82, 2.24) is 14.9 Å². The Hall–Kier alpha value is -3.81. The van der Waals surface area contributed by atoms with Crippen molar-refractivity contribution in [2.75, 3.05) is 13.7 Å². The Bertz CT molecular complexity index is 1200. The molecule has 36 heavy (non-hydrogen) atoms. The highest BCUT2D eigenvalue weighted by molar-refractivity contribution is 5.91. The molecule has 0 radical (unpaired) electrons. The SMILES string of the molecule is COc1ccc(C2CNC(=O)C(C(C(N)=O)c3ccc(-n4ccnc4)cc3)C2)cc1OC1CCCC1. The summed E-state index contributed by atoms with van der Waals surface area (Å²) in [6.07, 6.45) is 10.4. The lowest BCUT2D eigenvalue weighted by Crippen LogP contribution is -2.45. The maximum atomic E-state index is 13.0. The number of hydrogen-bond acceptors (Lipinski definition) is 5. The van der Waals surface area contributed by atoms with E-state index in [1.807, 2.05) is 53.2 Å². The maximum absolute atomic E-state index is 13.0. The number of primary amides is 1. The number of carbonyl (C=O) groups excluding carboxylic acids is 2. The number of nitrogens with zero attached hydrogens (tertiary/aromatic N) is 2. The topological polar surface area (TPSA) is 108 Å². The predicted molar refractivity (Wildman–Crippen MR) is 135 cm³/mol. The van der Waals surface area contributed by atoms with Gasteiger partial charge in [0.2, 0.25) is 11.8 Å². The second-order valence-corrected chi connectivity index (χ2v) is 9.66. The smallest absolute Gasteiger partial charge is 0.225 e. The predicted octanol–water partition coefficient (Wildman–Crippen LogP) is 3.69. The number of nitrogens with two attached hydrogens (primary N) is 1. The summed E-state index contributed by atoms with van der Waals surface area (Å²) in [4.78, 5) is 29.7. The fourth-order valence-corrected chi connectivity index (χ4v) is 5.48. The molecule has 1 aliphatic heterocycles. The van der Waals surface area contributed by atoms with E-state index in [0.29, 0.717) is 18.7 Å². The first-order chi connectivity index (χ1) is 17.5. The Labute approximate surface area is 210 Å². The number of imidazole rings is 1. The van der Waals surface area contributed by atoms with Crippen molar-refractivity contribution in [2.45, 2.75) is 50.0 Å². The van der Waals surface area contributed by atoms with Crippen LogP contribution in [0.25, 0.3) is 5.69 Å². The van der Waals surface area contributed by atoms with Crippen molar-refractivity contribution in [3.63, 3.8) is 0 Å². The van der Waals surface area contributed by atoms with E-state index in [2.05, 4.69) is 10.3 Å². The summed E-state index contributed by atoms with van der Waals surface area (Å²) in [5.41, 5.74) is 8.55. The first kappa shape index (κ1) is 23.9. The van der Waals surface area contributed by atoms with Crippen molar-refractivity contribution in [1.29, 1.82) is 0 Å². The van der Waals surface area contributed by atoms with Crippen LogP contribution in [0.5, 0.6) is 11.5 Å². The number of hydrogen-bond donors (Lipinski definition) is 2. The minimum Gasteiger partial charge on any atom is -0.493 e. The lowest BCUT2D eigenvalue weighted by molar-refractivity contribution is -0.132. The number of ether oxygens (including phenoxy) is 2. The van der Waals surface area contributed by atoms with Crippen LogP contribution in [0.15, 0.2) is 61.2 Å². The van der Waals surface area contributed by atoms with Gasteiger partial charge in [0, 0.05) is 30.5 Å². The van der Waals surface area contributed by atoms with Gasteiger partial charge in [-0.2, -0.15) is 0 Å². The Kier molecular flexibility index (Phi) is 6.93. The zero-order chi connectivity index (χ0) is 25.1. The normalized spacial score (nSPS) is 21.1. The van der Waals surface area contributed by atoms with Crippen LogP contribution in [0.2, 0.25) is 0 Å². The molecule has 2 aliphatic rings. The van der Waals surface area contributed by atoms with Crippen molar-refractivity contribution >= 4 is 11.8 Å². The van der Waals surface area contributed by atoms with Gasteiger partial charge in [0.15, 0.2) is 11.5 Å². The third kappa shape index (κ3) is 4.94. The Balaban J connectivity index is 1.38. The van der Waals surface area contributed by atoms with Crippen molar-refractivity contribution in [2.24, 2.45) is 11.7 Å². The van der Waals surface area contributed by atoms with Crippen molar-refractivity contribution in [3.8, 4) is 17.2 Å². The summed E-state index contributed by atoms with van der Waals surface area (Å²) in [5.74, 6) is -0.488. The summed E-state index contributed by atoms with van der Waals surface area (Å²) >= 11 is 0. The molecule has 1 aliphatic carbocycles. The van der Waals surface area contributed by atoms with Gasteiger partial charge in [0.25, 0.3) is 0 Å². The average molecular weight is 489 g/mol. The zero-order valence-electron chi connectivity index (χ0n) is 20.4. The van der Waals surface area contributed by atoms with E-state index in [-0.39, 0.29) is 17.9 Å². The van der Waals surface area contributed by atoms with E-state index < -0.39 is 17.7 Å². The largest absolute Gasteiger partial charge is 0.493 e. The number of piperidine rings is 1. The van der Waals surface area contributed by atoms with Crippen LogP contribution in [0.1, 0.15) is 55.1 Å². The number of benzene rings is 2. The number of nitrogens with one attached hydrogen (secondary N) is 1. The van der Waals surface area contributed by atoms with E-state index in [0.717, 1.165) is 35.4 Å². The highest BCUT2D eigenvalue weighted by atomic mass is 16.5. The monoisotopic (exact) mass is 488 g/mol. The Morgan fingerprint density at radius 2 is 1.92 bits per heavy atom. The fourth-order valence-electron chi connectivity index (χ4n) is 5.48. The van der Waals surface area contributed by atoms with E-state index in [4.69, 9.17) is 15.2 Å². The molecule has 0 spiro atoms. The van der Waals surface area contributed by atoms with E-state index in [1.165, 1.54) is 12.8 Å². The molecule has 8 nitrogen and oxygen atoms in total. The molecule has 188 valence electrons. The molecular weight excluding hydrogens is 456 g/mol. The molecule has 1 saturated carbocycles. The molecule has 3 N–H and O–H groups in total. The number of methoxy groups -OCH3 is 1. The first-order valence-electron chi connectivity index (χ1n) is 12.5. The molecule has 3 unspecified atom stereocenters. The Morgan fingerprint density at radius 3 is 2.58 bits per heavy atom. The maximum Gasteiger partial charge on any atom is 0.225 e. The summed E-state index contributed by atoms with van der Waals surface area (Å²) in [6.45, 7) is 0.496. The summed E-state index contributed by atoms with van der Waals surface area (Å²) < 4.78 is 13.7. The third-order valence-electron chi connectivity index (χ3n) is 7.42. The van der Waals surface area contributed by atoms with Crippen LogP contribution in [0.4, 0.5) is 0 Å². The number of amides is 2. The lowest BCUT2D eigenvalue weighted by Gasteiger charge is -2.33. The molecule has 2 amide bonds. The molecule has 2 fully saturated rings. The second kappa shape index (κ2) is 10.4. The first-order valence-corrected chi connectivity index (χ1v) is 12.5. The molecule has 2 heterocycles. The summed E-state index contributed by atoms with van der Waals surface area (Å²) in [5, 5.41) is 3.01. The van der Waals surface area contributed by atoms with Gasteiger partial charge in [-0.15, -0.1) is 0 Å². The molecule has 1 aromatic heterocycles. The number of carbonyl (C=O) groups is 2. The van der Waals surface area contributed by atoms with E-state index in [1.54, 1.807) is 19.6 Å². The molecule has 3 aromatic rings. The van der Waals surface area contributed by atoms with Gasteiger partial charge in [0.05, 0.1) is 31.4 Å². The fraction of sp³-hybridized carbons (Fsp3) is 0.393. The summed E-state index contributed by atoms with van der Waals surface area (Å²) in [6, 6.07) is 13.5. The highest BCUT2D eigenvalue weighted by Crippen LogP contribution is 2.39. The molecule has 3 atom stereocenters. The van der Waals surface area contributed by atoms with Crippen LogP contribution in [-0.2, 0) is 9.59 Å². The standard InChI is InChI=1S/C28H32N4O4/c1-35-24-11-8-19(15-25(24)36-22-4-2-3-5-22)20-14-23(28(34)31-16-20)26(27(29)33)18-6-9-21(10-7-18)32-13-12-30-17-32/h6-13,15,17,20,22-23,26H,2-5,14,16H2,1H3,(H2,29,33)(H,31,34). The van der Waals surface area contributed by atoms with E-state index in [9.17, 15) is 9.59 Å². The van der Waals surface area contributed by atoms with Gasteiger partial charge in [-0.3, -0.25) is 9.59 Å². The molecule has 5 rings (SSSR count). The molecule has 0 bridgehead atoms. The second-order valence-electron chi connectivity index (χ2n) is 9.66. The summed E-state index contributed by atoms with van der Waals surface area (Å²) in [7, 11) is 1.64. The van der Waals surface area contributed by atoms with Crippen LogP contribution in [0, 0.1) is 5.92 Å². The molecule has 2 aromatic carbocycles. The van der Waals surface area contributed by atoms with Crippen molar-refractivity contribution in [3.05, 3.63) is 72.3 Å². The molecule has 1 saturated heterocycles. The van der Waals surface area contributed by atoms with Gasteiger partial charge < -0.3 is 25.1 Å². The number of aromatic nitrogens is 2. The average Bonchev–Trinajstić information content (AvgIpc) is 3.60. The van der Waals surface area contributed by atoms with Gasteiger partial charge in [-0.25, -0.2) is 4.98 Å². The van der Waals surface area contributed by atoms with Gasteiger partial charge in [-0.05, 0) is 67.5 Å². The van der Waals surface area contributed by atoms with Gasteiger partial charge in [0.1, 0.15) is 0 Å². The van der Waals surface area contributed by atoms with Crippen LogP contribution >= 0.6 is 0 Å². The minimum absolute atomic E-state index is 0.0246. The third-order valence-corrected chi connectivity index (χ3v) is 7.42. The van der Waals surface area contributed by atoms with Crippen LogP contribution in [0.3, 0.4) is 0 Å². The van der Waals surface area contributed by atoms with Crippen molar-refractivity contribution < 1.29 is 19.1 Å². The number of rotatable bonds is 8. The zero-order valence-corrected chi connectivity index (χ0v) is 20.4. The van der Waals surface area contributed by atoms with Crippen LogP contribution in [-0.4, -0.2) is 41.1 Å². The van der Waals surface area contributed by atoms with Gasteiger partial charge in [-0.1, -0.05) is 18.2 Å².